The van der Waals surface area contributed by atoms with Crippen molar-refractivity contribution < 1.29 is 37.1 Å². The molecule has 0 bridgehead atoms. The quantitative estimate of drug-likeness (QED) is 0.586. The summed E-state index contributed by atoms with van der Waals surface area (Å²) in [5.74, 6) is -0.325. The van der Waals surface area contributed by atoms with Crippen LogP contribution in [-0.4, -0.2) is 0 Å². The Labute approximate surface area is 83.3 Å². The van der Waals surface area contributed by atoms with Crippen LogP contribution in [0.5, 0.6) is 0 Å². The fraction of sp³-hybridized carbons (Fsp3) is 0. The largest absolute Gasteiger partial charge is 0.236 e. The van der Waals surface area contributed by atoms with Crippen LogP contribution < -0.4 is 0 Å². The van der Waals surface area contributed by atoms with Gasteiger partial charge in [0.05, 0.1) is 0 Å². The molecule has 0 saturated carbocycles. The summed E-state index contributed by atoms with van der Waals surface area (Å²) in [5.41, 5.74) is 0. The molecule has 0 aliphatic rings. The average Bonchev–Trinajstić information content (AvgIpc) is 1.64. The Kier molecular flexibility index (Phi) is 4.64. The molecule has 9 heavy (non-hydrogen) atoms. The van der Waals surface area contributed by atoms with Gasteiger partial charge in [-0.2, -0.15) is 12.1 Å². The number of benzene rings is 1. The van der Waals surface area contributed by atoms with Crippen molar-refractivity contribution in [2.24, 2.45) is 0 Å². The first-order chi connectivity index (χ1) is 3.79. The molecule has 0 fully saturated rings. The molecule has 1 aromatic carbocycles. The van der Waals surface area contributed by atoms with E-state index in [4.69, 9.17) is 11.6 Å². The Bertz CT molecular complexity index is 173. The molecule has 0 atom stereocenters. The zero-order valence-electron chi connectivity index (χ0n) is 4.57. The van der Waals surface area contributed by atoms with Gasteiger partial charge in [-0.3, -0.25) is 0 Å². The Balaban J connectivity index is 0.000000640. The van der Waals surface area contributed by atoms with Crippen LogP contribution in [0.1, 0.15) is 0 Å². The second-order valence-electron chi connectivity index (χ2n) is 1.35. The molecule has 0 aliphatic heterocycles. The fourth-order valence-electron chi connectivity index (χ4n) is 0.412. The second-order valence-corrected chi connectivity index (χ2v) is 1.76. The van der Waals surface area contributed by atoms with Crippen LogP contribution in [-0.2, 0) is 32.7 Å². The van der Waals surface area contributed by atoms with Gasteiger partial charge < -0.3 is 0 Å². The van der Waals surface area contributed by atoms with E-state index in [2.05, 4.69) is 6.07 Å². The molecule has 1 rings (SSSR count). The van der Waals surface area contributed by atoms with E-state index in [0.29, 0.717) is 5.02 Å². The fourth-order valence-corrected chi connectivity index (χ4v) is 0.579. The molecule has 0 aliphatic carbocycles. The summed E-state index contributed by atoms with van der Waals surface area (Å²) in [6, 6.07) is 6.55. The second kappa shape index (κ2) is 4.37. The predicted molar refractivity (Wildman–Crippen MR) is 30.2 cm³/mol. The summed E-state index contributed by atoms with van der Waals surface area (Å²) in [7, 11) is 0. The Morgan fingerprint density at radius 3 is 2.56 bits per heavy atom. The summed E-state index contributed by atoms with van der Waals surface area (Å²) in [6.07, 6.45) is 0. The maximum Gasteiger partial charge on any atom is 0.0165 e. The van der Waals surface area contributed by atoms with Crippen molar-refractivity contribution in [3.8, 4) is 0 Å². The van der Waals surface area contributed by atoms with E-state index in [9.17, 15) is 4.39 Å². The van der Waals surface area contributed by atoms with Crippen molar-refractivity contribution in [3.63, 3.8) is 0 Å². The summed E-state index contributed by atoms with van der Waals surface area (Å²) in [6.45, 7) is 0. The minimum absolute atomic E-state index is 0. The van der Waals surface area contributed by atoms with Crippen molar-refractivity contribution in [2.75, 3.05) is 0 Å². The Morgan fingerprint density at radius 2 is 2.22 bits per heavy atom. The van der Waals surface area contributed by atoms with E-state index in [1.54, 1.807) is 0 Å². The maximum atomic E-state index is 12.1. The SMILES string of the molecule is Fc1cc[c-]c(Cl)c1.[Y]. The number of hydrogen-bond acceptors (Lipinski definition) is 0. The van der Waals surface area contributed by atoms with Gasteiger partial charge in [0.2, 0.25) is 0 Å². The van der Waals surface area contributed by atoms with Crippen LogP contribution in [0.2, 0.25) is 5.02 Å². The summed E-state index contributed by atoms with van der Waals surface area (Å²) >= 11 is 5.35. The average molecular weight is 218 g/mol. The van der Waals surface area contributed by atoms with E-state index in [1.165, 1.54) is 18.2 Å². The van der Waals surface area contributed by atoms with Gasteiger partial charge in [0, 0.05) is 38.5 Å². The third-order valence-corrected chi connectivity index (χ3v) is 0.947. The molecule has 0 amide bonds. The molecule has 0 heterocycles. The summed E-state index contributed by atoms with van der Waals surface area (Å²) in [5, 5.41) is 0.310. The van der Waals surface area contributed by atoms with Crippen LogP contribution in [0.4, 0.5) is 4.39 Å². The van der Waals surface area contributed by atoms with Gasteiger partial charge >= 0.3 is 0 Å². The van der Waals surface area contributed by atoms with Gasteiger partial charge in [0.1, 0.15) is 0 Å². The van der Waals surface area contributed by atoms with Gasteiger partial charge in [-0.1, -0.05) is 5.02 Å². The van der Waals surface area contributed by atoms with Crippen LogP contribution in [0.15, 0.2) is 18.2 Å². The zero-order chi connectivity index (χ0) is 5.98. The van der Waals surface area contributed by atoms with Crippen LogP contribution in [0, 0.1) is 11.9 Å². The molecule has 0 N–H and O–H groups in total. The normalized spacial score (nSPS) is 8.22. The third kappa shape index (κ3) is 3.29. The molecule has 3 heteroatoms. The molecular weight excluding hydrogens is 215 g/mol. The van der Waals surface area contributed by atoms with Crippen molar-refractivity contribution in [1.29, 1.82) is 0 Å². The Hall–Kier alpha value is 0.544. The number of hydrogen-bond donors (Lipinski definition) is 0. The van der Waals surface area contributed by atoms with E-state index < -0.39 is 0 Å². The molecule has 0 spiro atoms. The van der Waals surface area contributed by atoms with Gasteiger partial charge in [0.15, 0.2) is 0 Å². The number of halogens is 2. The standard InChI is InChI=1S/C6H3ClF.Y/c7-5-2-1-3-6(8)4-5;/h1,3-4H;/q-1;. The minimum Gasteiger partial charge on any atom is -0.236 e. The van der Waals surface area contributed by atoms with Gasteiger partial charge in [0.25, 0.3) is 0 Å². The topological polar surface area (TPSA) is 0 Å². The van der Waals surface area contributed by atoms with Gasteiger partial charge in [-0.05, 0) is 0 Å². The molecule has 45 valence electrons. The molecule has 0 aromatic heterocycles. The number of rotatable bonds is 0. The van der Waals surface area contributed by atoms with Gasteiger partial charge in [-0.15, -0.1) is 23.7 Å². The van der Waals surface area contributed by atoms with E-state index in [-0.39, 0.29) is 38.5 Å². The van der Waals surface area contributed by atoms with E-state index in [1.807, 2.05) is 0 Å². The van der Waals surface area contributed by atoms with Crippen molar-refractivity contribution in [1.82, 2.24) is 0 Å². The van der Waals surface area contributed by atoms with Gasteiger partial charge in [-0.25, -0.2) is 4.39 Å². The minimum atomic E-state index is -0.325. The zero-order valence-corrected chi connectivity index (χ0v) is 8.16. The summed E-state index contributed by atoms with van der Waals surface area (Å²) < 4.78 is 12.1. The first-order valence-corrected chi connectivity index (χ1v) is 2.49. The van der Waals surface area contributed by atoms with Crippen LogP contribution in [0.3, 0.4) is 0 Å². The molecule has 0 unspecified atom stereocenters. The van der Waals surface area contributed by atoms with Crippen LogP contribution in [0.25, 0.3) is 0 Å². The molecule has 1 radical (unpaired) electrons. The molecule has 0 nitrogen and oxygen atoms in total. The predicted octanol–water partition coefficient (Wildman–Crippen LogP) is 2.28. The molecule has 0 saturated heterocycles. The van der Waals surface area contributed by atoms with Crippen molar-refractivity contribution in [3.05, 3.63) is 35.1 Å². The Morgan fingerprint density at radius 1 is 1.56 bits per heavy atom. The third-order valence-electron chi connectivity index (χ3n) is 0.728. The van der Waals surface area contributed by atoms with Crippen LogP contribution >= 0.6 is 11.6 Å². The van der Waals surface area contributed by atoms with E-state index >= 15 is 0 Å². The molecule has 1 aromatic rings. The monoisotopic (exact) mass is 218 g/mol. The maximum absolute atomic E-state index is 12.1. The first kappa shape index (κ1) is 9.54. The summed E-state index contributed by atoms with van der Waals surface area (Å²) in [4.78, 5) is 0. The van der Waals surface area contributed by atoms with Crippen molar-refractivity contribution in [2.45, 2.75) is 0 Å². The molecular formula is C6H3ClFY-. The van der Waals surface area contributed by atoms with E-state index in [0.717, 1.165) is 0 Å². The van der Waals surface area contributed by atoms with Crippen molar-refractivity contribution >= 4 is 11.6 Å². The smallest absolute Gasteiger partial charge is 0.0165 e. The first-order valence-electron chi connectivity index (χ1n) is 2.12.